The first-order chi connectivity index (χ1) is 15.9. The molecule has 0 saturated heterocycles. The van der Waals surface area contributed by atoms with E-state index in [1.54, 1.807) is 12.1 Å². The van der Waals surface area contributed by atoms with E-state index in [4.69, 9.17) is 14.2 Å². The number of rotatable bonds is 7. The van der Waals surface area contributed by atoms with Crippen LogP contribution in [0.1, 0.15) is 34.6 Å². The molecule has 33 heavy (non-hydrogen) atoms. The minimum Gasteiger partial charge on any atom is -0.493 e. The largest absolute Gasteiger partial charge is 0.493 e. The molecule has 0 bridgehead atoms. The zero-order chi connectivity index (χ0) is 23.5. The first-order valence-corrected chi connectivity index (χ1v) is 11.3. The number of anilines is 1. The van der Waals surface area contributed by atoms with Gasteiger partial charge in [0.15, 0.2) is 16.7 Å². The number of amides is 1. The summed E-state index contributed by atoms with van der Waals surface area (Å²) in [5.74, 6) is 1.56. The lowest BCUT2D eigenvalue weighted by molar-refractivity contribution is -0.116. The highest BCUT2D eigenvalue weighted by molar-refractivity contribution is 7.98. The molecule has 0 radical (unpaired) electrons. The second kappa shape index (κ2) is 9.58. The van der Waals surface area contributed by atoms with E-state index in [0.717, 1.165) is 5.56 Å². The predicted molar refractivity (Wildman–Crippen MR) is 127 cm³/mol. The van der Waals surface area contributed by atoms with Crippen LogP contribution in [0.2, 0.25) is 0 Å². The molecule has 0 aliphatic carbocycles. The van der Waals surface area contributed by atoms with Crippen LogP contribution >= 0.6 is 11.8 Å². The zero-order valence-corrected chi connectivity index (χ0v) is 19.7. The quantitative estimate of drug-likeness (QED) is 0.402. The minimum atomic E-state index is -0.505. The highest BCUT2D eigenvalue weighted by atomic mass is 32.2. The van der Waals surface area contributed by atoms with E-state index in [1.165, 1.54) is 38.7 Å². The van der Waals surface area contributed by atoms with Crippen LogP contribution in [-0.4, -0.2) is 37.2 Å². The molecule has 8 nitrogen and oxygen atoms in total. The maximum absolute atomic E-state index is 13.1. The number of aromatic nitrogens is 2. The fourth-order valence-corrected chi connectivity index (χ4v) is 4.86. The number of carbonyl (C=O) groups excluding carboxylic acids is 1. The van der Waals surface area contributed by atoms with E-state index in [-0.39, 0.29) is 23.7 Å². The third-order valence-electron chi connectivity index (χ3n) is 5.64. The Morgan fingerprint density at radius 3 is 2.39 bits per heavy atom. The average molecular weight is 468 g/mol. The van der Waals surface area contributed by atoms with Gasteiger partial charge in [-0.25, -0.2) is 4.98 Å². The smallest absolute Gasteiger partial charge is 0.257 e. The number of benzene rings is 2. The molecule has 3 aromatic rings. The van der Waals surface area contributed by atoms with Crippen molar-refractivity contribution in [3.63, 3.8) is 0 Å². The van der Waals surface area contributed by atoms with Gasteiger partial charge in [0.05, 0.1) is 26.9 Å². The summed E-state index contributed by atoms with van der Waals surface area (Å²) in [6.07, 6.45) is 0.103. The predicted octanol–water partition coefficient (Wildman–Crippen LogP) is 3.87. The zero-order valence-electron chi connectivity index (χ0n) is 18.9. The van der Waals surface area contributed by atoms with E-state index < -0.39 is 5.92 Å². The van der Waals surface area contributed by atoms with Crippen LogP contribution in [0.15, 0.2) is 46.3 Å². The highest BCUT2D eigenvalue weighted by Gasteiger charge is 2.32. The van der Waals surface area contributed by atoms with Crippen molar-refractivity contribution in [2.45, 2.75) is 30.2 Å². The molecule has 0 fully saturated rings. The van der Waals surface area contributed by atoms with Crippen molar-refractivity contribution in [1.82, 2.24) is 9.97 Å². The van der Waals surface area contributed by atoms with Crippen molar-refractivity contribution in [1.29, 1.82) is 0 Å². The third kappa shape index (κ3) is 4.54. The number of ether oxygens (including phenoxy) is 3. The highest BCUT2D eigenvalue weighted by Crippen LogP contribution is 2.43. The molecular formula is C24H25N3O5S. The Balaban J connectivity index is 1.72. The van der Waals surface area contributed by atoms with Crippen LogP contribution in [-0.2, 0) is 10.5 Å². The Hall–Kier alpha value is -3.46. The van der Waals surface area contributed by atoms with Crippen LogP contribution in [0.3, 0.4) is 0 Å². The second-order valence-corrected chi connectivity index (χ2v) is 8.58. The van der Waals surface area contributed by atoms with Gasteiger partial charge in [0.25, 0.3) is 5.56 Å². The van der Waals surface area contributed by atoms with Crippen LogP contribution < -0.4 is 25.1 Å². The number of hydrogen-bond donors (Lipinski definition) is 2. The summed E-state index contributed by atoms with van der Waals surface area (Å²) in [5.41, 5.74) is 3.15. The summed E-state index contributed by atoms with van der Waals surface area (Å²) >= 11 is 1.42. The molecule has 1 amide bonds. The SMILES string of the molecule is COc1cc([C@H]2CC(=O)Nc3nc(SCc4ccccc4C)[nH]c(=O)c32)cc(OC)c1OC. The first kappa shape index (κ1) is 22.7. The van der Waals surface area contributed by atoms with Crippen LogP contribution in [0, 0.1) is 6.92 Å². The molecule has 1 aromatic heterocycles. The average Bonchev–Trinajstić information content (AvgIpc) is 2.81. The number of hydrogen-bond acceptors (Lipinski definition) is 7. The lowest BCUT2D eigenvalue weighted by Gasteiger charge is -2.25. The van der Waals surface area contributed by atoms with Crippen LogP contribution in [0.25, 0.3) is 0 Å². The molecular weight excluding hydrogens is 442 g/mol. The second-order valence-electron chi connectivity index (χ2n) is 7.61. The van der Waals surface area contributed by atoms with Gasteiger partial charge in [0.2, 0.25) is 11.7 Å². The van der Waals surface area contributed by atoms with Gasteiger partial charge in [-0.05, 0) is 35.7 Å². The Labute approximate surface area is 195 Å². The van der Waals surface area contributed by atoms with Gasteiger partial charge < -0.3 is 24.5 Å². The van der Waals surface area contributed by atoms with Gasteiger partial charge in [-0.2, -0.15) is 0 Å². The Morgan fingerprint density at radius 2 is 1.76 bits per heavy atom. The number of fused-ring (bicyclic) bond motifs is 1. The monoisotopic (exact) mass is 467 g/mol. The number of thioether (sulfide) groups is 1. The molecule has 9 heteroatoms. The normalized spacial score (nSPS) is 14.9. The third-order valence-corrected chi connectivity index (χ3v) is 6.57. The summed E-state index contributed by atoms with van der Waals surface area (Å²) in [7, 11) is 4.57. The summed E-state index contributed by atoms with van der Waals surface area (Å²) in [6.45, 7) is 2.04. The fraction of sp³-hybridized carbons (Fsp3) is 0.292. The van der Waals surface area contributed by atoms with Crippen molar-refractivity contribution in [3.05, 3.63) is 69.0 Å². The number of methoxy groups -OCH3 is 3. The topological polar surface area (TPSA) is 103 Å². The lowest BCUT2D eigenvalue weighted by atomic mass is 9.86. The van der Waals surface area contributed by atoms with E-state index >= 15 is 0 Å². The summed E-state index contributed by atoms with van der Waals surface area (Å²) in [6, 6.07) is 11.6. The Morgan fingerprint density at radius 1 is 1.06 bits per heavy atom. The molecule has 0 unspecified atom stereocenters. The number of aryl methyl sites for hydroxylation is 1. The molecule has 2 N–H and O–H groups in total. The van der Waals surface area contributed by atoms with Crippen molar-refractivity contribution in [2.75, 3.05) is 26.6 Å². The van der Waals surface area contributed by atoms with E-state index in [2.05, 4.69) is 15.3 Å². The standard InChI is InChI=1S/C24H25N3O5S/c1-13-7-5-6-8-14(13)12-33-24-26-22-20(23(29)27-24)16(11-19(28)25-22)15-9-17(30-2)21(32-4)18(10-15)31-3/h5-10,16H,11-12H2,1-4H3,(H2,25,26,27,28,29)/t16-/m1/s1. The molecule has 172 valence electrons. The van der Waals surface area contributed by atoms with Gasteiger partial charge in [-0.1, -0.05) is 36.0 Å². The molecule has 1 atom stereocenters. The number of H-pyrrole nitrogens is 1. The van der Waals surface area contributed by atoms with E-state index in [1.807, 2.05) is 31.2 Å². The molecule has 1 aliphatic rings. The van der Waals surface area contributed by atoms with Gasteiger partial charge in [0, 0.05) is 18.1 Å². The number of nitrogens with one attached hydrogen (secondary N) is 2. The van der Waals surface area contributed by atoms with E-state index in [9.17, 15) is 9.59 Å². The molecule has 4 rings (SSSR count). The maximum atomic E-state index is 13.1. The van der Waals surface area contributed by atoms with Gasteiger partial charge in [-0.15, -0.1) is 0 Å². The van der Waals surface area contributed by atoms with Gasteiger partial charge >= 0.3 is 0 Å². The fourth-order valence-electron chi connectivity index (χ4n) is 3.92. The molecule has 2 heterocycles. The van der Waals surface area contributed by atoms with Crippen LogP contribution in [0.4, 0.5) is 5.82 Å². The Kier molecular flexibility index (Phi) is 6.60. The summed E-state index contributed by atoms with van der Waals surface area (Å²) in [5, 5.41) is 3.21. The maximum Gasteiger partial charge on any atom is 0.257 e. The van der Waals surface area contributed by atoms with Crippen molar-refractivity contribution in [3.8, 4) is 17.2 Å². The molecule has 2 aromatic carbocycles. The molecule has 0 spiro atoms. The van der Waals surface area contributed by atoms with Gasteiger partial charge in [-0.3, -0.25) is 9.59 Å². The van der Waals surface area contributed by atoms with Crippen molar-refractivity contribution >= 4 is 23.5 Å². The molecule has 0 saturated carbocycles. The van der Waals surface area contributed by atoms with Gasteiger partial charge in [0.1, 0.15) is 5.82 Å². The lowest BCUT2D eigenvalue weighted by Crippen LogP contribution is -2.31. The Bertz CT molecular complexity index is 1230. The molecule has 1 aliphatic heterocycles. The van der Waals surface area contributed by atoms with Crippen molar-refractivity contribution in [2.24, 2.45) is 0 Å². The first-order valence-electron chi connectivity index (χ1n) is 10.4. The summed E-state index contributed by atoms with van der Waals surface area (Å²) < 4.78 is 16.3. The van der Waals surface area contributed by atoms with Crippen LogP contribution in [0.5, 0.6) is 17.2 Å². The minimum absolute atomic E-state index is 0.103. The van der Waals surface area contributed by atoms with E-state index in [0.29, 0.717) is 39.3 Å². The van der Waals surface area contributed by atoms with Crippen molar-refractivity contribution < 1.29 is 19.0 Å². The summed E-state index contributed by atoms with van der Waals surface area (Å²) in [4.78, 5) is 33.1. The number of nitrogens with zero attached hydrogens (tertiary/aromatic N) is 1. The number of carbonyl (C=O) groups is 1. The number of aromatic amines is 1.